The molecule has 2 N–H and O–H groups in total. The molecular formula is C15H25NO3. The molecule has 0 aromatic rings. The summed E-state index contributed by atoms with van der Waals surface area (Å²) in [4.78, 5) is 23.6. The second-order valence-electron chi connectivity index (χ2n) is 6.78. The molecule has 2 saturated carbocycles. The van der Waals surface area contributed by atoms with E-state index in [2.05, 4.69) is 19.2 Å². The van der Waals surface area contributed by atoms with Crippen molar-refractivity contribution < 1.29 is 14.7 Å². The molecule has 4 heteroatoms. The highest BCUT2D eigenvalue weighted by Crippen LogP contribution is 2.38. The van der Waals surface area contributed by atoms with Crippen molar-refractivity contribution >= 4 is 11.9 Å². The molecule has 3 atom stereocenters. The van der Waals surface area contributed by atoms with Gasteiger partial charge < -0.3 is 10.4 Å². The van der Waals surface area contributed by atoms with Crippen LogP contribution in [0.5, 0.6) is 0 Å². The van der Waals surface area contributed by atoms with Crippen molar-refractivity contribution in [2.45, 2.75) is 64.8 Å². The van der Waals surface area contributed by atoms with E-state index in [9.17, 15) is 14.7 Å². The molecule has 0 aliphatic heterocycles. The Morgan fingerprint density at radius 3 is 2.21 bits per heavy atom. The van der Waals surface area contributed by atoms with E-state index in [0.717, 1.165) is 38.5 Å². The van der Waals surface area contributed by atoms with E-state index >= 15 is 0 Å². The number of nitrogens with one attached hydrogen (secondary N) is 1. The minimum Gasteiger partial charge on any atom is -0.481 e. The van der Waals surface area contributed by atoms with Crippen LogP contribution in [-0.4, -0.2) is 23.0 Å². The average molecular weight is 267 g/mol. The van der Waals surface area contributed by atoms with Gasteiger partial charge in [-0.3, -0.25) is 9.59 Å². The lowest BCUT2D eigenvalue weighted by molar-refractivity contribution is -0.149. The lowest BCUT2D eigenvalue weighted by Crippen LogP contribution is -2.47. The SMILES string of the molecule is CC1(C)CCCC1NC(=O)C1CCCCC1C(=O)O. The number of amides is 1. The summed E-state index contributed by atoms with van der Waals surface area (Å²) in [6.07, 6.45) is 6.54. The van der Waals surface area contributed by atoms with Crippen LogP contribution in [0.15, 0.2) is 0 Å². The number of carbonyl (C=O) groups is 2. The molecule has 0 bridgehead atoms. The van der Waals surface area contributed by atoms with Crippen molar-refractivity contribution in [2.24, 2.45) is 17.3 Å². The molecule has 108 valence electrons. The van der Waals surface area contributed by atoms with Gasteiger partial charge in [-0.25, -0.2) is 0 Å². The Bertz CT molecular complexity index is 364. The van der Waals surface area contributed by atoms with E-state index < -0.39 is 11.9 Å². The van der Waals surface area contributed by atoms with Crippen LogP contribution in [0.2, 0.25) is 0 Å². The fourth-order valence-corrected chi connectivity index (χ4v) is 3.61. The van der Waals surface area contributed by atoms with Gasteiger partial charge in [-0.05, 0) is 31.1 Å². The molecule has 0 saturated heterocycles. The number of hydrogen-bond acceptors (Lipinski definition) is 2. The summed E-state index contributed by atoms with van der Waals surface area (Å²) < 4.78 is 0. The average Bonchev–Trinajstić information content (AvgIpc) is 2.68. The monoisotopic (exact) mass is 267 g/mol. The summed E-state index contributed by atoms with van der Waals surface area (Å²) in [5.41, 5.74) is 0.142. The van der Waals surface area contributed by atoms with E-state index in [-0.39, 0.29) is 23.3 Å². The van der Waals surface area contributed by atoms with Crippen molar-refractivity contribution in [3.8, 4) is 0 Å². The number of rotatable bonds is 3. The third kappa shape index (κ3) is 3.10. The maximum Gasteiger partial charge on any atom is 0.307 e. The van der Waals surface area contributed by atoms with E-state index in [0.29, 0.717) is 6.42 Å². The van der Waals surface area contributed by atoms with Gasteiger partial charge in [0, 0.05) is 6.04 Å². The largest absolute Gasteiger partial charge is 0.481 e. The molecule has 4 nitrogen and oxygen atoms in total. The topological polar surface area (TPSA) is 66.4 Å². The molecule has 2 fully saturated rings. The molecule has 3 unspecified atom stereocenters. The Morgan fingerprint density at radius 1 is 1.05 bits per heavy atom. The van der Waals surface area contributed by atoms with E-state index in [1.807, 2.05) is 0 Å². The van der Waals surface area contributed by atoms with E-state index in [1.165, 1.54) is 0 Å². The molecule has 19 heavy (non-hydrogen) atoms. The Hall–Kier alpha value is -1.06. The minimum absolute atomic E-state index is 0.0351. The van der Waals surface area contributed by atoms with Gasteiger partial charge in [-0.15, -0.1) is 0 Å². The Kier molecular flexibility index (Phi) is 4.16. The lowest BCUT2D eigenvalue weighted by atomic mass is 9.78. The third-order valence-electron chi connectivity index (χ3n) is 4.99. The highest BCUT2D eigenvalue weighted by Gasteiger charge is 2.40. The van der Waals surface area contributed by atoms with Crippen molar-refractivity contribution in [3.05, 3.63) is 0 Å². The van der Waals surface area contributed by atoms with Gasteiger partial charge in [0.15, 0.2) is 0 Å². The molecule has 0 radical (unpaired) electrons. The van der Waals surface area contributed by atoms with Gasteiger partial charge in [-0.1, -0.05) is 33.1 Å². The Balaban J connectivity index is 2.00. The van der Waals surface area contributed by atoms with Crippen molar-refractivity contribution in [2.75, 3.05) is 0 Å². The molecule has 2 aliphatic rings. The highest BCUT2D eigenvalue weighted by molar-refractivity contribution is 5.85. The van der Waals surface area contributed by atoms with Crippen LogP contribution in [0.3, 0.4) is 0 Å². The predicted octanol–water partition coefficient (Wildman–Crippen LogP) is 2.57. The van der Waals surface area contributed by atoms with Crippen LogP contribution in [-0.2, 0) is 9.59 Å². The molecule has 0 aromatic heterocycles. The minimum atomic E-state index is -0.814. The van der Waals surface area contributed by atoms with E-state index in [1.54, 1.807) is 0 Å². The number of aliphatic carboxylic acids is 1. The molecule has 0 spiro atoms. The zero-order chi connectivity index (χ0) is 14.0. The van der Waals surface area contributed by atoms with Crippen LogP contribution in [0.4, 0.5) is 0 Å². The summed E-state index contributed by atoms with van der Waals surface area (Å²) in [7, 11) is 0. The summed E-state index contributed by atoms with van der Waals surface area (Å²) in [6.45, 7) is 4.36. The third-order valence-corrected chi connectivity index (χ3v) is 4.99. The number of carboxylic acids is 1. The number of carboxylic acid groups (broad SMARTS) is 1. The van der Waals surface area contributed by atoms with Crippen LogP contribution < -0.4 is 5.32 Å². The Labute approximate surface area is 115 Å². The first kappa shape index (κ1) is 14.4. The standard InChI is InChI=1S/C15H25NO3/c1-15(2)9-5-8-12(15)16-13(17)10-6-3-4-7-11(10)14(18)19/h10-12H,3-9H2,1-2H3,(H,16,17)(H,18,19). The normalized spacial score (nSPS) is 33.9. The van der Waals surface area contributed by atoms with Crippen molar-refractivity contribution in [1.82, 2.24) is 5.32 Å². The fraction of sp³-hybridized carbons (Fsp3) is 0.867. The lowest BCUT2D eigenvalue weighted by Gasteiger charge is -2.32. The molecule has 2 aliphatic carbocycles. The van der Waals surface area contributed by atoms with Gasteiger partial charge in [-0.2, -0.15) is 0 Å². The van der Waals surface area contributed by atoms with Crippen LogP contribution >= 0.6 is 0 Å². The molecule has 0 aromatic carbocycles. The van der Waals surface area contributed by atoms with Gasteiger partial charge in [0.1, 0.15) is 0 Å². The van der Waals surface area contributed by atoms with Gasteiger partial charge in [0.2, 0.25) is 5.91 Å². The summed E-state index contributed by atoms with van der Waals surface area (Å²) in [5, 5.41) is 12.4. The fourth-order valence-electron chi connectivity index (χ4n) is 3.61. The summed E-state index contributed by atoms with van der Waals surface area (Å²) in [5.74, 6) is -1.67. The molecule has 0 heterocycles. The maximum absolute atomic E-state index is 12.4. The highest BCUT2D eigenvalue weighted by atomic mass is 16.4. The molecule has 2 rings (SSSR count). The van der Waals surface area contributed by atoms with Gasteiger partial charge in [0.25, 0.3) is 0 Å². The van der Waals surface area contributed by atoms with Crippen molar-refractivity contribution in [3.63, 3.8) is 0 Å². The quantitative estimate of drug-likeness (QED) is 0.826. The first-order chi connectivity index (χ1) is 8.92. The summed E-state index contributed by atoms with van der Waals surface area (Å²) >= 11 is 0. The smallest absolute Gasteiger partial charge is 0.307 e. The molecular weight excluding hydrogens is 242 g/mol. The Morgan fingerprint density at radius 2 is 1.68 bits per heavy atom. The number of carbonyl (C=O) groups excluding carboxylic acids is 1. The maximum atomic E-state index is 12.4. The zero-order valence-corrected chi connectivity index (χ0v) is 11.9. The van der Waals surface area contributed by atoms with Crippen LogP contribution in [0.1, 0.15) is 58.8 Å². The van der Waals surface area contributed by atoms with E-state index in [4.69, 9.17) is 0 Å². The predicted molar refractivity (Wildman–Crippen MR) is 72.6 cm³/mol. The first-order valence-corrected chi connectivity index (χ1v) is 7.45. The number of hydrogen-bond donors (Lipinski definition) is 2. The van der Waals surface area contributed by atoms with Gasteiger partial charge in [0.05, 0.1) is 11.8 Å². The second-order valence-corrected chi connectivity index (χ2v) is 6.78. The second kappa shape index (κ2) is 5.51. The van der Waals surface area contributed by atoms with Crippen LogP contribution in [0.25, 0.3) is 0 Å². The van der Waals surface area contributed by atoms with Crippen LogP contribution in [0, 0.1) is 17.3 Å². The zero-order valence-electron chi connectivity index (χ0n) is 11.9. The summed E-state index contributed by atoms with van der Waals surface area (Å²) in [6, 6.07) is 0.205. The first-order valence-electron chi connectivity index (χ1n) is 7.45. The van der Waals surface area contributed by atoms with Crippen molar-refractivity contribution in [1.29, 1.82) is 0 Å². The molecule has 1 amide bonds. The van der Waals surface area contributed by atoms with Gasteiger partial charge >= 0.3 is 5.97 Å².